The first-order valence-corrected chi connectivity index (χ1v) is 10.8. The highest BCUT2D eigenvalue weighted by Gasteiger charge is 2.49. The van der Waals surface area contributed by atoms with Gasteiger partial charge in [0.15, 0.2) is 0 Å². The Bertz CT molecular complexity index is 1090. The van der Waals surface area contributed by atoms with Gasteiger partial charge >= 0.3 is 0 Å². The number of piperidine rings is 1. The maximum Gasteiger partial charge on any atom is 0.245 e. The number of aromatic hydroxyl groups is 1. The van der Waals surface area contributed by atoms with Crippen molar-refractivity contribution < 1.29 is 5.11 Å². The van der Waals surface area contributed by atoms with E-state index < -0.39 is 0 Å². The number of fused-ring (bicyclic) bond motifs is 2. The van der Waals surface area contributed by atoms with Gasteiger partial charge in [-0.15, -0.1) is 10.2 Å². The van der Waals surface area contributed by atoms with Crippen molar-refractivity contribution in [3.8, 4) is 28.1 Å². The lowest BCUT2D eigenvalue weighted by Gasteiger charge is -2.45. The zero-order valence-electron chi connectivity index (χ0n) is 18.5. The van der Waals surface area contributed by atoms with E-state index in [0.29, 0.717) is 23.2 Å². The first-order chi connectivity index (χ1) is 14.7. The fourth-order valence-electron chi connectivity index (χ4n) is 5.31. The predicted octanol–water partition coefficient (Wildman–Crippen LogP) is 3.14. The van der Waals surface area contributed by atoms with Crippen LogP contribution in [-0.4, -0.2) is 54.2 Å². The fraction of sp³-hybridized carbons (Fsp3) is 0.478. The van der Waals surface area contributed by atoms with E-state index in [2.05, 4.69) is 51.4 Å². The summed E-state index contributed by atoms with van der Waals surface area (Å²) in [5, 5.41) is 27.3. The standard InChI is InChI=1S/C23H29N7O/c1-22-7-8-23(2,28-22)11-17(10-22)30(4)21-24-13-19(26-27-21)18-6-5-15(9-20(18)31)16-12-25-29(3)14-16/h5-6,9,12-14,17,28,31H,7-8,10-11H2,1-4H3/t17?,22-,23+. The van der Waals surface area contributed by atoms with Crippen molar-refractivity contribution >= 4 is 5.95 Å². The lowest BCUT2D eigenvalue weighted by atomic mass is 9.84. The van der Waals surface area contributed by atoms with Gasteiger partial charge in [0.2, 0.25) is 5.95 Å². The Labute approximate surface area is 182 Å². The molecule has 1 aromatic carbocycles. The van der Waals surface area contributed by atoms with E-state index in [0.717, 1.165) is 24.0 Å². The van der Waals surface area contributed by atoms with Crippen LogP contribution in [0.2, 0.25) is 0 Å². The largest absolute Gasteiger partial charge is 0.507 e. The van der Waals surface area contributed by atoms with E-state index >= 15 is 0 Å². The molecule has 2 aliphatic heterocycles. The van der Waals surface area contributed by atoms with Crippen molar-refractivity contribution in [3.63, 3.8) is 0 Å². The second-order valence-corrected chi connectivity index (χ2v) is 9.70. The summed E-state index contributed by atoms with van der Waals surface area (Å²) in [6, 6.07) is 5.89. The zero-order chi connectivity index (χ0) is 21.8. The SMILES string of the molecule is CN(c1ncc(-c2ccc(-c3cnn(C)c3)cc2O)nn1)C1C[C@]2(C)CC[C@](C)(C1)N2. The number of phenols is 1. The molecule has 2 aromatic heterocycles. The number of anilines is 1. The second kappa shape index (κ2) is 7.02. The third-order valence-electron chi connectivity index (χ3n) is 6.93. The summed E-state index contributed by atoms with van der Waals surface area (Å²) in [7, 11) is 3.92. The van der Waals surface area contributed by atoms with Crippen LogP contribution in [0.5, 0.6) is 5.75 Å². The highest BCUT2D eigenvalue weighted by Crippen LogP contribution is 2.43. The summed E-state index contributed by atoms with van der Waals surface area (Å²) in [5.74, 6) is 0.767. The van der Waals surface area contributed by atoms with Gasteiger partial charge in [-0.3, -0.25) is 4.68 Å². The van der Waals surface area contributed by atoms with Crippen molar-refractivity contribution in [3.05, 3.63) is 36.8 Å². The number of phenolic OH excluding ortho intramolecular Hbond substituents is 1. The zero-order valence-corrected chi connectivity index (χ0v) is 18.5. The van der Waals surface area contributed by atoms with Crippen LogP contribution < -0.4 is 10.2 Å². The van der Waals surface area contributed by atoms with E-state index in [4.69, 9.17) is 0 Å². The minimum absolute atomic E-state index is 0.148. The highest BCUT2D eigenvalue weighted by molar-refractivity contribution is 5.73. The Morgan fingerprint density at radius 2 is 1.84 bits per heavy atom. The minimum atomic E-state index is 0.148. The van der Waals surface area contributed by atoms with Gasteiger partial charge in [-0.25, -0.2) is 4.98 Å². The predicted molar refractivity (Wildman–Crippen MR) is 120 cm³/mol. The van der Waals surface area contributed by atoms with E-state index in [1.807, 2.05) is 25.4 Å². The van der Waals surface area contributed by atoms with Gasteiger partial charge in [0.25, 0.3) is 0 Å². The first kappa shape index (κ1) is 19.9. The molecule has 0 saturated carbocycles. The average molecular weight is 420 g/mol. The van der Waals surface area contributed by atoms with E-state index in [9.17, 15) is 5.11 Å². The summed E-state index contributed by atoms with van der Waals surface area (Å²) in [4.78, 5) is 6.74. The molecule has 5 rings (SSSR count). The molecule has 2 N–H and O–H groups in total. The molecule has 3 atom stereocenters. The van der Waals surface area contributed by atoms with Crippen molar-refractivity contribution in [2.24, 2.45) is 7.05 Å². The number of hydrogen-bond donors (Lipinski definition) is 2. The van der Waals surface area contributed by atoms with E-state index in [-0.39, 0.29) is 16.8 Å². The van der Waals surface area contributed by atoms with Crippen LogP contribution in [0.4, 0.5) is 5.95 Å². The van der Waals surface area contributed by atoms with Gasteiger partial charge in [-0.2, -0.15) is 5.10 Å². The van der Waals surface area contributed by atoms with Crippen LogP contribution in [0.25, 0.3) is 22.4 Å². The molecule has 162 valence electrons. The van der Waals surface area contributed by atoms with E-state index in [1.54, 1.807) is 23.1 Å². The summed E-state index contributed by atoms with van der Waals surface area (Å²) in [6.07, 6.45) is 9.93. The Hall–Kier alpha value is -3.00. The summed E-state index contributed by atoms with van der Waals surface area (Å²) < 4.78 is 1.74. The van der Waals surface area contributed by atoms with Crippen LogP contribution in [0, 0.1) is 0 Å². The van der Waals surface area contributed by atoms with Crippen LogP contribution in [0.1, 0.15) is 39.5 Å². The number of aromatic nitrogens is 5. The molecule has 4 heterocycles. The minimum Gasteiger partial charge on any atom is -0.507 e. The van der Waals surface area contributed by atoms with Crippen LogP contribution in [0.3, 0.4) is 0 Å². The molecule has 1 unspecified atom stereocenters. The number of hydrogen-bond acceptors (Lipinski definition) is 7. The Balaban J connectivity index is 1.35. The highest BCUT2D eigenvalue weighted by atomic mass is 16.3. The molecule has 2 aliphatic rings. The molecule has 0 radical (unpaired) electrons. The number of nitrogens with one attached hydrogen (secondary N) is 1. The summed E-state index contributed by atoms with van der Waals surface area (Å²) in [6.45, 7) is 4.64. The van der Waals surface area contributed by atoms with Crippen LogP contribution >= 0.6 is 0 Å². The molecule has 8 nitrogen and oxygen atoms in total. The molecule has 0 amide bonds. The van der Waals surface area contributed by atoms with Crippen molar-refractivity contribution in [1.29, 1.82) is 0 Å². The Morgan fingerprint density at radius 3 is 2.42 bits per heavy atom. The van der Waals surface area contributed by atoms with Gasteiger partial charge < -0.3 is 15.3 Å². The number of nitrogens with zero attached hydrogens (tertiary/aromatic N) is 6. The molecule has 3 aromatic rings. The van der Waals surface area contributed by atoms with Crippen molar-refractivity contribution in [2.45, 2.75) is 56.7 Å². The number of rotatable bonds is 4. The molecule has 2 fully saturated rings. The monoisotopic (exact) mass is 419 g/mol. The first-order valence-electron chi connectivity index (χ1n) is 10.8. The molecule has 8 heteroatoms. The summed E-state index contributed by atoms with van der Waals surface area (Å²) in [5.41, 5.74) is 3.37. The molecule has 31 heavy (non-hydrogen) atoms. The molecule has 0 spiro atoms. The topological polar surface area (TPSA) is 92.0 Å². The van der Waals surface area contributed by atoms with Crippen molar-refractivity contribution in [2.75, 3.05) is 11.9 Å². The summed E-state index contributed by atoms with van der Waals surface area (Å²) >= 11 is 0. The van der Waals surface area contributed by atoms with Gasteiger partial charge in [0.05, 0.1) is 12.4 Å². The maximum absolute atomic E-state index is 10.6. The molecule has 0 aliphatic carbocycles. The molecule has 2 bridgehead atoms. The van der Waals surface area contributed by atoms with E-state index in [1.165, 1.54) is 12.8 Å². The van der Waals surface area contributed by atoms with Gasteiger partial charge in [-0.05, 0) is 57.2 Å². The third kappa shape index (κ3) is 3.65. The fourth-order valence-corrected chi connectivity index (χ4v) is 5.31. The number of aryl methyl sites for hydroxylation is 1. The Morgan fingerprint density at radius 1 is 1.10 bits per heavy atom. The molecular weight excluding hydrogens is 390 g/mol. The van der Waals surface area contributed by atoms with Crippen LogP contribution in [0.15, 0.2) is 36.8 Å². The maximum atomic E-state index is 10.6. The lowest BCUT2D eigenvalue weighted by molar-refractivity contribution is 0.207. The lowest BCUT2D eigenvalue weighted by Crippen LogP contribution is -2.58. The van der Waals surface area contributed by atoms with Gasteiger partial charge in [-0.1, -0.05) is 6.07 Å². The molecular formula is C23H29N7O. The third-order valence-corrected chi connectivity index (χ3v) is 6.93. The van der Waals surface area contributed by atoms with Gasteiger partial charge in [0.1, 0.15) is 11.4 Å². The quantitative estimate of drug-likeness (QED) is 0.671. The normalized spacial score (nSPS) is 27.4. The van der Waals surface area contributed by atoms with Crippen molar-refractivity contribution in [1.82, 2.24) is 30.3 Å². The second-order valence-electron chi connectivity index (χ2n) is 9.70. The smallest absolute Gasteiger partial charge is 0.245 e. The molecule has 2 saturated heterocycles. The van der Waals surface area contributed by atoms with Crippen LogP contribution in [-0.2, 0) is 7.05 Å². The Kier molecular flexibility index (Phi) is 4.51. The average Bonchev–Trinajstić information content (AvgIpc) is 3.27. The number of benzene rings is 1. The van der Waals surface area contributed by atoms with Gasteiger partial charge in [0, 0.05) is 48.5 Å².